The van der Waals surface area contributed by atoms with Crippen LogP contribution in [0.1, 0.15) is 43.7 Å². The molecule has 2 heterocycles. The van der Waals surface area contributed by atoms with Crippen molar-refractivity contribution in [3.05, 3.63) is 33.9 Å². The largest absolute Gasteiger partial charge is 0.312 e. The molecule has 3 nitrogen and oxygen atoms in total. The molecule has 0 aliphatic heterocycles. The van der Waals surface area contributed by atoms with Crippen molar-refractivity contribution in [1.82, 2.24) is 15.3 Å². The number of rotatable bonds is 6. The fraction of sp³-hybridized carbons (Fsp3) is 0.467. The zero-order valence-electron chi connectivity index (χ0n) is 12.1. The van der Waals surface area contributed by atoms with Crippen LogP contribution in [0.3, 0.4) is 0 Å². The van der Waals surface area contributed by atoms with Gasteiger partial charge in [0.1, 0.15) is 10.7 Å². The quantitative estimate of drug-likeness (QED) is 0.799. The second-order valence-corrected chi connectivity index (χ2v) is 6.48. The highest BCUT2D eigenvalue weighted by molar-refractivity contribution is 7.15. The van der Waals surface area contributed by atoms with Crippen LogP contribution in [0, 0.1) is 0 Å². The first-order valence-electron chi connectivity index (χ1n) is 6.94. The average molecular weight is 310 g/mol. The monoisotopic (exact) mass is 309 g/mol. The molecule has 2 rings (SSSR count). The normalized spacial score (nSPS) is 11.2. The van der Waals surface area contributed by atoms with Crippen LogP contribution in [-0.2, 0) is 6.54 Å². The number of nitrogens with one attached hydrogen (secondary N) is 1. The van der Waals surface area contributed by atoms with Crippen LogP contribution < -0.4 is 5.32 Å². The van der Waals surface area contributed by atoms with Gasteiger partial charge in [0.25, 0.3) is 0 Å². The Kier molecular flexibility index (Phi) is 5.52. The number of halogens is 1. The molecule has 0 amide bonds. The van der Waals surface area contributed by atoms with E-state index in [1.165, 1.54) is 4.88 Å². The van der Waals surface area contributed by atoms with E-state index in [2.05, 4.69) is 31.1 Å². The number of hydrogen-bond acceptors (Lipinski definition) is 4. The van der Waals surface area contributed by atoms with E-state index in [0.717, 1.165) is 35.9 Å². The van der Waals surface area contributed by atoms with Gasteiger partial charge in [-0.15, -0.1) is 11.3 Å². The molecule has 108 valence electrons. The molecule has 5 heteroatoms. The molecule has 0 fully saturated rings. The van der Waals surface area contributed by atoms with Crippen molar-refractivity contribution in [2.75, 3.05) is 6.54 Å². The van der Waals surface area contributed by atoms with Crippen molar-refractivity contribution >= 4 is 22.9 Å². The highest BCUT2D eigenvalue weighted by atomic mass is 35.5. The van der Waals surface area contributed by atoms with Crippen molar-refractivity contribution in [3.63, 3.8) is 0 Å². The summed E-state index contributed by atoms with van der Waals surface area (Å²) in [4.78, 5) is 10.4. The van der Waals surface area contributed by atoms with E-state index < -0.39 is 0 Å². The lowest BCUT2D eigenvalue weighted by molar-refractivity contribution is 0.670. The first kappa shape index (κ1) is 15.4. The standard InChI is InChI=1S/C15H20ClN3S/c1-4-7-17-9-12-13(10(2)3)19-15(20-12)14-11(16)6-5-8-18-14/h5-6,8,10,17H,4,7,9H2,1-3H3. The van der Waals surface area contributed by atoms with Crippen molar-refractivity contribution < 1.29 is 0 Å². The van der Waals surface area contributed by atoms with Gasteiger partial charge in [-0.2, -0.15) is 0 Å². The van der Waals surface area contributed by atoms with E-state index in [-0.39, 0.29) is 0 Å². The minimum atomic E-state index is 0.404. The van der Waals surface area contributed by atoms with Crippen molar-refractivity contribution in [3.8, 4) is 10.7 Å². The number of aromatic nitrogens is 2. The van der Waals surface area contributed by atoms with Gasteiger partial charge >= 0.3 is 0 Å². The Morgan fingerprint density at radius 3 is 2.85 bits per heavy atom. The molecule has 0 aromatic carbocycles. The summed E-state index contributed by atoms with van der Waals surface area (Å²) in [5.74, 6) is 0.404. The molecule has 1 N–H and O–H groups in total. The van der Waals surface area contributed by atoms with Crippen LogP contribution in [0.25, 0.3) is 10.7 Å². The molecule has 20 heavy (non-hydrogen) atoms. The van der Waals surface area contributed by atoms with Crippen LogP contribution in [0.15, 0.2) is 18.3 Å². The number of hydrogen-bond donors (Lipinski definition) is 1. The number of nitrogens with zero attached hydrogens (tertiary/aromatic N) is 2. The highest BCUT2D eigenvalue weighted by Gasteiger charge is 2.17. The van der Waals surface area contributed by atoms with E-state index in [4.69, 9.17) is 16.6 Å². The third-order valence-corrected chi connectivity index (χ3v) is 4.33. The van der Waals surface area contributed by atoms with Gasteiger partial charge < -0.3 is 5.32 Å². The SMILES string of the molecule is CCCNCc1sc(-c2ncccc2Cl)nc1C(C)C. The Balaban J connectivity index is 2.31. The van der Waals surface area contributed by atoms with Crippen LogP contribution in [-0.4, -0.2) is 16.5 Å². The van der Waals surface area contributed by atoms with Gasteiger partial charge in [-0.3, -0.25) is 4.98 Å². The van der Waals surface area contributed by atoms with Gasteiger partial charge in [0, 0.05) is 17.6 Å². The molecule has 0 spiro atoms. The topological polar surface area (TPSA) is 37.8 Å². The Morgan fingerprint density at radius 2 is 2.20 bits per heavy atom. The summed E-state index contributed by atoms with van der Waals surface area (Å²) in [6, 6.07) is 3.70. The second kappa shape index (κ2) is 7.16. The third-order valence-electron chi connectivity index (χ3n) is 2.95. The summed E-state index contributed by atoms with van der Waals surface area (Å²) in [6.07, 6.45) is 2.89. The molecule has 2 aromatic heterocycles. The molecular weight excluding hydrogens is 290 g/mol. The molecular formula is C15H20ClN3S. The number of thiazole rings is 1. The Labute approximate surface area is 129 Å². The summed E-state index contributed by atoms with van der Waals surface area (Å²) < 4.78 is 0. The van der Waals surface area contributed by atoms with Gasteiger partial charge in [0.15, 0.2) is 0 Å². The molecule has 0 aliphatic rings. The van der Waals surface area contributed by atoms with E-state index in [9.17, 15) is 0 Å². The van der Waals surface area contributed by atoms with E-state index >= 15 is 0 Å². The Morgan fingerprint density at radius 1 is 1.40 bits per heavy atom. The van der Waals surface area contributed by atoms with Gasteiger partial charge in [0.2, 0.25) is 0 Å². The summed E-state index contributed by atoms with van der Waals surface area (Å²) in [5, 5.41) is 5.01. The predicted octanol–water partition coefficient (Wildman–Crippen LogP) is 4.48. The van der Waals surface area contributed by atoms with E-state index in [0.29, 0.717) is 10.9 Å². The number of pyridine rings is 1. The smallest absolute Gasteiger partial charge is 0.143 e. The lowest BCUT2D eigenvalue weighted by Crippen LogP contribution is -2.14. The first-order chi connectivity index (χ1) is 9.63. The minimum absolute atomic E-state index is 0.404. The van der Waals surface area contributed by atoms with Crippen molar-refractivity contribution in [1.29, 1.82) is 0 Å². The van der Waals surface area contributed by atoms with Crippen LogP contribution in [0.2, 0.25) is 5.02 Å². The maximum Gasteiger partial charge on any atom is 0.143 e. The molecule has 0 bridgehead atoms. The molecule has 2 aromatic rings. The molecule has 0 atom stereocenters. The maximum absolute atomic E-state index is 6.22. The zero-order valence-corrected chi connectivity index (χ0v) is 13.7. The van der Waals surface area contributed by atoms with Crippen LogP contribution in [0.4, 0.5) is 0 Å². The molecule has 0 radical (unpaired) electrons. The fourth-order valence-electron chi connectivity index (χ4n) is 1.96. The van der Waals surface area contributed by atoms with E-state index in [1.54, 1.807) is 17.5 Å². The zero-order chi connectivity index (χ0) is 14.5. The lowest BCUT2D eigenvalue weighted by Gasteiger charge is -2.05. The minimum Gasteiger partial charge on any atom is -0.312 e. The average Bonchev–Trinajstić information content (AvgIpc) is 2.84. The fourth-order valence-corrected chi connectivity index (χ4v) is 3.43. The van der Waals surface area contributed by atoms with Gasteiger partial charge in [0.05, 0.1) is 10.7 Å². The third kappa shape index (κ3) is 3.57. The molecule has 0 aliphatic carbocycles. The molecule has 0 unspecified atom stereocenters. The predicted molar refractivity (Wildman–Crippen MR) is 86.4 cm³/mol. The van der Waals surface area contributed by atoms with Gasteiger partial charge in [-0.25, -0.2) is 4.98 Å². The van der Waals surface area contributed by atoms with Gasteiger partial charge in [-0.1, -0.05) is 32.4 Å². The molecule has 0 saturated heterocycles. The molecule has 0 saturated carbocycles. The summed E-state index contributed by atoms with van der Waals surface area (Å²) in [6.45, 7) is 8.39. The van der Waals surface area contributed by atoms with Crippen molar-refractivity contribution in [2.45, 2.75) is 39.7 Å². The lowest BCUT2D eigenvalue weighted by atomic mass is 10.1. The summed E-state index contributed by atoms with van der Waals surface area (Å²) in [7, 11) is 0. The van der Waals surface area contributed by atoms with Gasteiger partial charge in [-0.05, 0) is 31.0 Å². The van der Waals surface area contributed by atoms with Crippen LogP contribution in [0.5, 0.6) is 0 Å². The Bertz CT molecular complexity index is 566. The van der Waals surface area contributed by atoms with Crippen molar-refractivity contribution in [2.24, 2.45) is 0 Å². The summed E-state index contributed by atoms with van der Waals surface area (Å²) in [5.41, 5.74) is 1.93. The highest BCUT2D eigenvalue weighted by Crippen LogP contribution is 2.33. The second-order valence-electron chi connectivity index (χ2n) is 4.99. The van der Waals surface area contributed by atoms with E-state index in [1.807, 2.05) is 12.1 Å². The maximum atomic E-state index is 6.22. The summed E-state index contributed by atoms with van der Waals surface area (Å²) >= 11 is 7.90. The Hall–Kier alpha value is -0.970. The van der Waals surface area contributed by atoms with Crippen LogP contribution >= 0.6 is 22.9 Å². The first-order valence-corrected chi connectivity index (χ1v) is 8.14.